The van der Waals surface area contributed by atoms with Gasteiger partial charge in [0, 0.05) is 22.6 Å². The van der Waals surface area contributed by atoms with E-state index in [0.717, 1.165) is 5.56 Å². The minimum absolute atomic E-state index is 0.150. The number of hydrogen-bond acceptors (Lipinski definition) is 5. The number of methoxy groups -OCH3 is 1. The van der Waals surface area contributed by atoms with Gasteiger partial charge in [-0.15, -0.1) is 0 Å². The molecule has 0 saturated heterocycles. The van der Waals surface area contributed by atoms with Crippen molar-refractivity contribution in [3.8, 4) is 0 Å². The van der Waals surface area contributed by atoms with Gasteiger partial charge in [-0.3, -0.25) is 9.59 Å². The van der Waals surface area contributed by atoms with Gasteiger partial charge in [0.1, 0.15) is 17.8 Å². The lowest BCUT2D eigenvalue weighted by Gasteiger charge is -2.13. The molecule has 0 unspecified atom stereocenters. The van der Waals surface area contributed by atoms with Crippen LogP contribution in [0.3, 0.4) is 0 Å². The van der Waals surface area contributed by atoms with E-state index in [1.54, 1.807) is 37.3 Å². The minimum atomic E-state index is -0.771. The van der Waals surface area contributed by atoms with Gasteiger partial charge in [-0.2, -0.15) is 0 Å². The summed E-state index contributed by atoms with van der Waals surface area (Å²) in [6.07, 6.45) is 1.30. The number of ether oxygens (including phenoxy) is 1. The van der Waals surface area contributed by atoms with E-state index < -0.39 is 11.4 Å². The molecule has 28 heavy (non-hydrogen) atoms. The molecule has 0 fully saturated rings. The third-order valence-corrected chi connectivity index (χ3v) is 4.64. The maximum atomic E-state index is 12.6. The van der Waals surface area contributed by atoms with Gasteiger partial charge >= 0.3 is 5.97 Å². The van der Waals surface area contributed by atoms with Crippen molar-refractivity contribution in [2.24, 2.45) is 0 Å². The second-order valence-corrected chi connectivity index (χ2v) is 6.73. The SMILES string of the molecule is COC(=O)c1cn(CC(=O)Nc2ccc(C)c(Cl)c2)c2nc(C)ccc2c1=O. The first-order chi connectivity index (χ1) is 13.3. The predicted octanol–water partition coefficient (Wildman–Crippen LogP) is 3.09. The monoisotopic (exact) mass is 399 g/mol. The van der Waals surface area contributed by atoms with E-state index in [1.807, 2.05) is 6.92 Å². The maximum Gasteiger partial charge on any atom is 0.343 e. The summed E-state index contributed by atoms with van der Waals surface area (Å²) < 4.78 is 6.14. The molecule has 1 N–H and O–H groups in total. The summed E-state index contributed by atoms with van der Waals surface area (Å²) in [5.41, 5.74) is 1.78. The van der Waals surface area contributed by atoms with Crippen molar-refractivity contribution in [1.29, 1.82) is 0 Å². The Hall–Kier alpha value is -3.19. The summed E-state index contributed by atoms with van der Waals surface area (Å²) in [4.78, 5) is 41.4. The number of carbonyl (C=O) groups is 2. The van der Waals surface area contributed by atoms with E-state index in [2.05, 4.69) is 15.0 Å². The predicted molar refractivity (Wildman–Crippen MR) is 107 cm³/mol. The van der Waals surface area contributed by atoms with Crippen LogP contribution in [0.4, 0.5) is 5.69 Å². The quantitative estimate of drug-likeness (QED) is 0.681. The number of benzene rings is 1. The highest BCUT2D eigenvalue weighted by molar-refractivity contribution is 6.31. The van der Waals surface area contributed by atoms with Crippen molar-refractivity contribution in [2.75, 3.05) is 12.4 Å². The molecule has 0 spiro atoms. The molecule has 0 bridgehead atoms. The number of pyridine rings is 2. The molecule has 3 aromatic rings. The Balaban J connectivity index is 2.01. The number of anilines is 1. The van der Waals surface area contributed by atoms with Gasteiger partial charge in [0.05, 0.1) is 12.5 Å². The highest BCUT2D eigenvalue weighted by atomic mass is 35.5. The molecule has 3 rings (SSSR count). The molecule has 1 aromatic carbocycles. The van der Waals surface area contributed by atoms with Crippen molar-refractivity contribution in [3.63, 3.8) is 0 Å². The van der Waals surface area contributed by atoms with Crippen LogP contribution in [0.5, 0.6) is 0 Å². The number of fused-ring (bicyclic) bond motifs is 1. The van der Waals surface area contributed by atoms with Gasteiger partial charge in [-0.05, 0) is 43.7 Å². The number of halogens is 1. The number of nitrogens with zero attached hydrogens (tertiary/aromatic N) is 2. The van der Waals surface area contributed by atoms with Crippen LogP contribution in [0, 0.1) is 13.8 Å². The van der Waals surface area contributed by atoms with Crippen molar-refractivity contribution < 1.29 is 14.3 Å². The molecule has 7 nitrogen and oxygen atoms in total. The third kappa shape index (κ3) is 3.89. The Morgan fingerprint density at radius 1 is 1.21 bits per heavy atom. The summed E-state index contributed by atoms with van der Waals surface area (Å²) in [6.45, 7) is 3.49. The summed E-state index contributed by atoms with van der Waals surface area (Å²) in [7, 11) is 1.19. The lowest BCUT2D eigenvalue weighted by Crippen LogP contribution is -2.25. The van der Waals surface area contributed by atoms with Crippen molar-refractivity contribution in [1.82, 2.24) is 9.55 Å². The van der Waals surface area contributed by atoms with Crippen LogP contribution in [-0.2, 0) is 16.1 Å². The second-order valence-electron chi connectivity index (χ2n) is 6.33. The molecule has 0 aliphatic rings. The zero-order chi connectivity index (χ0) is 20.4. The number of rotatable bonds is 4. The van der Waals surface area contributed by atoms with Crippen molar-refractivity contribution >= 4 is 40.2 Å². The number of esters is 1. The Bertz CT molecular complexity index is 1150. The van der Waals surface area contributed by atoms with Crippen LogP contribution in [0.1, 0.15) is 21.6 Å². The summed E-state index contributed by atoms with van der Waals surface area (Å²) in [6, 6.07) is 8.45. The van der Waals surface area contributed by atoms with E-state index in [-0.39, 0.29) is 23.4 Å². The second kappa shape index (κ2) is 7.82. The summed E-state index contributed by atoms with van der Waals surface area (Å²) in [5, 5.41) is 3.52. The maximum absolute atomic E-state index is 12.6. The highest BCUT2D eigenvalue weighted by Crippen LogP contribution is 2.20. The van der Waals surface area contributed by atoms with Gasteiger partial charge in [0.2, 0.25) is 11.3 Å². The fraction of sp³-hybridized carbons (Fsp3) is 0.200. The highest BCUT2D eigenvalue weighted by Gasteiger charge is 2.18. The van der Waals surface area contributed by atoms with E-state index in [1.165, 1.54) is 17.9 Å². The first kappa shape index (κ1) is 19.6. The molecular weight excluding hydrogens is 382 g/mol. The van der Waals surface area contributed by atoms with Crippen molar-refractivity contribution in [3.05, 3.63) is 68.6 Å². The van der Waals surface area contributed by atoms with Crippen LogP contribution < -0.4 is 10.7 Å². The molecule has 1 amide bonds. The van der Waals surface area contributed by atoms with Gasteiger partial charge in [-0.25, -0.2) is 9.78 Å². The van der Waals surface area contributed by atoms with Gasteiger partial charge < -0.3 is 14.6 Å². The lowest BCUT2D eigenvalue weighted by atomic mass is 10.2. The van der Waals surface area contributed by atoms with Crippen LogP contribution in [0.25, 0.3) is 11.0 Å². The average molecular weight is 400 g/mol. The molecule has 144 valence electrons. The largest absolute Gasteiger partial charge is 0.465 e. The molecule has 2 heterocycles. The number of nitrogens with one attached hydrogen (secondary N) is 1. The third-order valence-electron chi connectivity index (χ3n) is 4.24. The number of amides is 1. The smallest absolute Gasteiger partial charge is 0.343 e. The molecule has 0 aliphatic carbocycles. The normalized spacial score (nSPS) is 10.7. The summed E-state index contributed by atoms with van der Waals surface area (Å²) >= 11 is 6.09. The van der Waals surface area contributed by atoms with E-state index >= 15 is 0 Å². The van der Waals surface area contributed by atoms with E-state index in [0.29, 0.717) is 22.1 Å². The molecule has 0 saturated carbocycles. The molecule has 0 radical (unpaired) electrons. The van der Waals surface area contributed by atoms with Gasteiger partial charge in [0.25, 0.3) is 0 Å². The van der Waals surface area contributed by atoms with Crippen LogP contribution in [0.2, 0.25) is 5.02 Å². The zero-order valence-corrected chi connectivity index (χ0v) is 16.3. The topological polar surface area (TPSA) is 90.3 Å². The Morgan fingerprint density at radius 2 is 1.96 bits per heavy atom. The molecule has 2 aromatic heterocycles. The van der Waals surface area contributed by atoms with Crippen LogP contribution in [0.15, 0.2) is 41.3 Å². The number of hydrogen-bond donors (Lipinski definition) is 1. The van der Waals surface area contributed by atoms with Crippen molar-refractivity contribution in [2.45, 2.75) is 20.4 Å². The Kier molecular flexibility index (Phi) is 5.46. The molecule has 8 heteroatoms. The number of aromatic nitrogens is 2. The van der Waals surface area contributed by atoms with E-state index in [9.17, 15) is 14.4 Å². The number of carbonyl (C=O) groups excluding carboxylic acids is 2. The first-order valence-corrected chi connectivity index (χ1v) is 8.83. The molecular formula is C20H18ClN3O4. The minimum Gasteiger partial charge on any atom is -0.465 e. The Morgan fingerprint density at radius 3 is 2.64 bits per heavy atom. The average Bonchev–Trinajstić information content (AvgIpc) is 2.66. The zero-order valence-electron chi connectivity index (χ0n) is 15.6. The molecule has 0 aliphatic heterocycles. The van der Waals surface area contributed by atoms with E-state index in [4.69, 9.17) is 11.6 Å². The summed E-state index contributed by atoms with van der Waals surface area (Å²) in [5.74, 6) is -1.13. The Labute approximate surface area is 165 Å². The van der Waals surface area contributed by atoms with Gasteiger partial charge in [0.15, 0.2) is 0 Å². The first-order valence-electron chi connectivity index (χ1n) is 8.45. The van der Waals surface area contributed by atoms with Gasteiger partial charge in [-0.1, -0.05) is 17.7 Å². The lowest BCUT2D eigenvalue weighted by molar-refractivity contribution is -0.116. The van der Waals surface area contributed by atoms with Crippen LogP contribution in [-0.4, -0.2) is 28.5 Å². The fourth-order valence-corrected chi connectivity index (χ4v) is 2.94. The van der Waals surface area contributed by atoms with Crippen LogP contribution >= 0.6 is 11.6 Å². The fourth-order valence-electron chi connectivity index (χ4n) is 2.76. The molecule has 0 atom stereocenters. The standard InChI is InChI=1S/C20H18ClN3O4/c1-11-4-6-13(8-16(11)21)23-17(25)10-24-9-15(20(27)28-3)18(26)14-7-5-12(2)22-19(14)24/h4-9H,10H2,1-3H3,(H,23,25). The number of aryl methyl sites for hydroxylation is 2.